The van der Waals surface area contributed by atoms with Crippen LogP contribution in [0.25, 0.3) is 5.69 Å². The number of allylic oxidation sites excluding steroid dienone is 1. The summed E-state index contributed by atoms with van der Waals surface area (Å²) in [5.41, 5.74) is 3.46. The van der Waals surface area contributed by atoms with E-state index in [0.29, 0.717) is 12.2 Å². The Bertz CT molecular complexity index is 859. The Labute approximate surface area is 158 Å². The van der Waals surface area contributed by atoms with Gasteiger partial charge in [0.15, 0.2) is 0 Å². The van der Waals surface area contributed by atoms with Crippen molar-refractivity contribution in [3.8, 4) is 5.69 Å². The van der Waals surface area contributed by atoms with E-state index in [0.717, 1.165) is 23.4 Å². The molecule has 3 rings (SSSR count). The minimum Gasteiger partial charge on any atom is -0.733 e. The molecule has 2 atom stereocenters. The minimum absolute atomic E-state index is 0.0365. The summed E-state index contributed by atoms with van der Waals surface area (Å²) in [6, 6.07) is 6.54. The van der Waals surface area contributed by atoms with E-state index in [1.807, 2.05) is 26.8 Å². The molecule has 1 aromatic carbocycles. The second-order valence-corrected chi connectivity index (χ2v) is 6.60. The average molecular weight is 370 g/mol. The number of hydrogen-bond donors (Lipinski definition) is 3. The number of aryl methyl sites for hydroxylation is 1. The number of nitrogens with one attached hydrogen (secondary N) is 2. The van der Waals surface area contributed by atoms with Crippen LogP contribution >= 0.6 is 0 Å². The van der Waals surface area contributed by atoms with Crippen molar-refractivity contribution in [1.29, 1.82) is 0 Å². The lowest BCUT2D eigenvalue weighted by Crippen LogP contribution is -2.40. The summed E-state index contributed by atoms with van der Waals surface area (Å²) in [6.45, 7) is 6.32. The first kappa shape index (κ1) is 18.9. The Kier molecular flexibility index (Phi) is 5.48. The Morgan fingerprint density at radius 2 is 2.11 bits per heavy atom. The topological polar surface area (TPSA) is 105 Å². The van der Waals surface area contributed by atoms with Gasteiger partial charge < -0.3 is 21.1 Å². The monoisotopic (exact) mass is 370 g/mol. The number of anilines is 1. The molecule has 27 heavy (non-hydrogen) atoms. The molecule has 0 radical (unpaired) electrons. The van der Waals surface area contributed by atoms with Crippen LogP contribution in [0, 0.1) is 19.1 Å². The Morgan fingerprint density at radius 1 is 1.37 bits per heavy atom. The largest absolute Gasteiger partial charge is 0.733 e. The maximum atomic E-state index is 11.7. The fourth-order valence-electron chi connectivity index (χ4n) is 3.63. The van der Waals surface area contributed by atoms with Crippen LogP contribution in [-0.2, 0) is 0 Å². The molecule has 1 aliphatic rings. The quantitative estimate of drug-likeness (QED) is 0.554. The zero-order valence-electron chi connectivity index (χ0n) is 15.6. The zero-order valence-corrected chi connectivity index (χ0v) is 15.6. The van der Waals surface area contributed by atoms with Gasteiger partial charge in [-0.3, -0.25) is 5.21 Å². The van der Waals surface area contributed by atoms with Crippen molar-refractivity contribution in [2.75, 3.05) is 11.8 Å². The van der Waals surface area contributed by atoms with Crippen molar-refractivity contribution < 1.29 is 10.0 Å². The number of urea groups is 1. The van der Waals surface area contributed by atoms with Gasteiger partial charge in [-0.1, -0.05) is 24.3 Å². The number of nitrogens with zero attached hydrogens (tertiary/aromatic N) is 3. The van der Waals surface area contributed by atoms with Gasteiger partial charge in [0.25, 0.3) is 0 Å². The fourth-order valence-corrected chi connectivity index (χ4v) is 3.63. The molecule has 3 N–H and O–H groups in total. The van der Waals surface area contributed by atoms with E-state index >= 15 is 0 Å². The van der Waals surface area contributed by atoms with Crippen molar-refractivity contribution in [3.05, 3.63) is 58.6 Å². The van der Waals surface area contributed by atoms with E-state index in [1.165, 1.54) is 0 Å². The molecule has 1 heterocycles. The molecule has 0 fully saturated rings. The molecular weight excluding hydrogens is 346 g/mol. The summed E-state index contributed by atoms with van der Waals surface area (Å²) in [6.07, 6.45) is 4.83. The first-order chi connectivity index (χ1) is 12.9. The summed E-state index contributed by atoms with van der Waals surface area (Å²) in [7, 11) is 0. The molecule has 0 spiro atoms. The summed E-state index contributed by atoms with van der Waals surface area (Å²) in [5.74, 6) is 0.121. The third-order valence-electron chi connectivity index (χ3n) is 4.77. The highest BCUT2D eigenvalue weighted by molar-refractivity contribution is 5.74. The number of benzene rings is 1. The molecule has 0 unspecified atom stereocenters. The van der Waals surface area contributed by atoms with Crippen LogP contribution < -0.4 is 15.9 Å². The first-order valence-electron chi connectivity index (χ1n) is 8.96. The van der Waals surface area contributed by atoms with E-state index in [4.69, 9.17) is 0 Å². The molecule has 2 amide bonds. The Morgan fingerprint density at radius 3 is 2.81 bits per heavy atom. The van der Waals surface area contributed by atoms with Crippen molar-refractivity contribution >= 4 is 11.7 Å². The van der Waals surface area contributed by atoms with Gasteiger partial charge in [-0.15, -0.1) is 0 Å². The van der Waals surface area contributed by atoms with Crippen LogP contribution in [0.4, 0.5) is 10.5 Å². The number of amides is 2. The highest BCUT2D eigenvalue weighted by Gasteiger charge is 2.27. The maximum Gasteiger partial charge on any atom is 0.315 e. The van der Waals surface area contributed by atoms with Gasteiger partial charge in [-0.2, -0.15) is 5.10 Å². The van der Waals surface area contributed by atoms with Gasteiger partial charge in [-0.25, -0.2) is 9.48 Å². The summed E-state index contributed by atoms with van der Waals surface area (Å²) in [4.78, 5) is 11.7. The van der Waals surface area contributed by atoms with Gasteiger partial charge in [0.1, 0.15) is 0 Å². The smallest absolute Gasteiger partial charge is 0.315 e. The summed E-state index contributed by atoms with van der Waals surface area (Å²) >= 11 is 0. The Hall–Kier alpha value is -2.84. The second kappa shape index (κ2) is 7.81. The van der Waals surface area contributed by atoms with Crippen LogP contribution in [0.1, 0.15) is 36.2 Å². The average Bonchev–Trinajstić information content (AvgIpc) is 3.18. The van der Waals surface area contributed by atoms with Gasteiger partial charge in [0.05, 0.1) is 17.1 Å². The number of carbonyl (C=O) groups excluding carboxylic acids is 1. The van der Waals surface area contributed by atoms with E-state index in [1.54, 1.807) is 28.9 Å². The zero-order chi connectivity index (χ0) is 19.6. The number of aromatic nitrogens is 2. The molecule has 8 heteroatoms. The van der Waals surface area contributed by atoms with Crippen LogP contribution in [0.2, 0.25) is 0 Å². The summed E-state index contributed by atoms with van der Waals surface area (Å²) < 4.78 is 1.68. The third kappa shape index (κ3) is 3.81. The fraction of sp³-hybridized carbons (Fsp3) is 0.368. The number of rotatable bonds is 5. The first-order valence-corrected chi connectivity index (χ1v) is 8.96. The normalized spacial score (nSPS) is 18.6. The van der Waals surface area contributed by atoms with Crippen molar-refractivity contribution in [3.63, 3.8) is 0 Å². The molecular formula is C19H24N5O3-. The van der Waals surface area contributed by atoms with Gasteiger partial charge >= 0.3 is 6.03 Å². The molecule has 0 aliphatic heterocycles. The van der Waals surface area contributed by atoms with E-state index < -0.39 is 0 Å². The SMILES string of the molecule is CCNC(=O)N[C@H]1C=C[C@@H](c2c(C)nn(-c3ccccc3N([O-])O)c2C)C1. The lowest BCUT2D eigenvalue weighted by Gasteiger charge is -2.24. The van der Waals surface area contributed by atoms with E-state index in [-0.39, 0.29) is 28.9 Å². The standard InChI is InChI=1S/C19H24N5O3/c1-4-20-19(25)21-15-10-9-14(11-15)18-12(2)22-23(13(18)3)16-7-5-6-8-17(16)24(26)27/h5-10,14-15,26H,4,11H2,1-3H3,(H2,20,21,25)/q-1/t14-,15+/m1/s1. The van der Waals surface area contributed by atoms with Gasteiger partial charge in [0, 0.05) is 29.8 Å². The highest BCUT2D eigenvalue weighted by Crippen LogP contribution is 2.35. The number of carbonyl (C=O) groups is 1. The highest BCUT2D eigenvalue weighted by atomic mass is 16.8. The lowest BCUT2D eigenvalue weighted by molar-refractivity contribution is 0.239. The van der Waals surface area contributed by atoms with Crippen molar-refractivity contribution in [1.82, 2.24) is 20.4 Å². The van der Waals surface area contributed by atoms with E-state index in [9.17, 15) is 15.2 Å². The van der Waals surface area contributed by atoms with Gasteiger partial charge in [0.2, 0.25) is 0 Å². The van der Waals surface area contributed by atoms with Crippen LogP contribution in [0.3, 0.4) is 0 Å². The van der Waals surface area contributed by atoms with Crippen LogP contribution in [0.15, 0.2) is 36.4 Å². The minimum atomic E-state index is -0.177. The molecule has 2 aromatic rings. The van der Waals surface area contributed by atoms with Crippen molar-refractivity contribution in [2.24, 2.45) is 0 Å². The second-order valence-electron chi connectivity index (χ2n) is 6.60. The molecule has 0 saturated carbocycles. The molecule has 144 valence electrons. The number of para-hydroxylation sites is 2. The third-order valence-corrected chi connectivity index (χ3v) is 4.77. The number of hydrogen-bond acceptors (Lipinski definition) is 5. The van der Waals surface area contributed by atoms with Crippen LogP contribution in [-0.4, -0.2) is 33.6 Å². The molecule has 0 bridgehead atoms. The molecule has 1 aliphatic carbocycles. The molecule has 1 aromatic heterocycles. The predicted octanol–water partition coefficient (Wildman–Crippen LogP) is 2.91. The molecule has 0 saturated heterocycles. The maximum absolute atomic E-state index is 11.7. The predicted molar refractivity (Wildman–Crippen MR) is 103 cm³/mol. The van der Waals surface area contributed by atoms with Gasteiger partial charge in [-0.05, 0) is 39.3 Å². The van der Waals surface area contributed by atoms with Crippen molar-refractivity contribution in [2.45, 2.75) is 39.2 Å². The van der Waals surface area contributed by atoms with Crippen LogP contribution in [0.5, 0.6) is 0 Å². The lowest BCUT2D eigenvalue weighted by atomic mass is 9.96. The summed E-state index contributed by atoms with van der Waals surface area (Å²) in [5, 5.41) is 31.0. The molecule has 8 nitrogen and oxygen atoms in total. The van der Waals surface area contributed by atoms with E-state index in [2.05, 4.69) is 21.8 Å². The Balaban J connectivity index is 1.86.